The Hall–Kier alpha value is -2.12. The summed E-state index contributed by atoms with van der Waals surface area (Å²) in [4.78, 5) is 16.1. The average molecular weight is 254 g/mol. The zero-order valence-electron chi connectivity index (χ0n) is 10.6. The van der Waals surface area contributed by atoms with Crippen molar-refractivity contribution in [2.24, 2.45) is 10.7 Å². The summed E-state index contributed by atoms with van der Waals surface area (Å²) >= 11 is 0. The monoisotopic (exact) mass is 254 g/mol. The fraction of sp³-hybridized carbons (Fsp3) is 0.600. The molecule has 0 bridgehead atoms. The van der Waals surface area contributed by atoms with Crippen LogP contribution in [0.4, 0.5) is 5.69 Å². The molecule has 18 heavy (non-hydrogen) atoms. The van der Waals surface area contributed by atoms with Gasteiger partial charge in [-0.1, -0.05) is 0 Å². The molecule has 0 unspecified atom stereocenters. The van der Waals surface area contributed by atoms with Gasteiger partial charge < -0.3 is 10.6 Å². The lowest BCUT2D eigenvalue weighted by atomic mass is 10.5. The molecule has 0 saturated carbocycles. The molecule has 0 aliphatic rings. The molecule has 0 aromatic carbocycles. The number of rotatable bonds is 6. The van der Waals surface area contributed by atoms with E-state index in [2.05, 4.69) is 10.1 Å². The molecule has 8 heteroatoms. The van der Waals surface area contributed by atoms with Gasteiger partial charge in [0.1, 0.15) is 12.4 Å². The van der Waals surface area contributed by atoms with Crippen LogP contribution in [-0.4, -0.2) is 45.2 Å². The average Bonchev–Trinajstić information content (AvgIpc) is 2.79. The van der Waals surface area contributed by atoms with Crippen LogP contribution >= 0.6 is 0 Å². The summed E-state index contributed by atoms with van der Waals surface area (Å²) in [5.74, 6) is 0.488. The standard InChI is InChI=1S/C10H18N6O2/c1-3-14(4-2)10(11)12-5-6-15-8-9(7-13-15)16(17)18/h7-8H,3-6H2,1-2H3,(H2,11,12). The number of aromatic nitrogens is 2. The summed E-state index contributed by atoms with van der Waals surface area (Å²) < 4.78 is 1.48. The highest BCUT2D eigenvalue weighted by atomic mass is 16.6. The minimum atomic E-state index is -0.475. The molecule has 0 aliphatic carbocycles. The summed E-state index contributed by atoms with van der Waals surface area (Å²) in [5.41, 5.74) is 5.78. The number of nitrogens with two attached hydrogens (primary N) is 1. The van der Waals surface area contributed by atoms with E-state index in [4.69, 9.17) is 5.73 Å². The number of guanidine groups is 1. The number of hydrogen-bond acceptors (Lipinski definition) is 4. The molecule has 0 spiro atoms. The van der Waals surface area contributed by atoms with Gasteiger partial charge in [0.25, 0.3) is 0 Å². The van der Waals surface area contributed by atoms with E-state index in [0.717, 1.165) is 13.1 Å². The molecular weight excluding hydrogens is 236 g/mol. The van der Waals surface area contributed by atoms with Crippen molar-refractivity contribution >= 4 is 11.6 Å². The molecule has 0 aliphatic heterocycles. The Morgan fingerprint density at radius 1 is 1.61 bits per heavy atom. The molecule has 0 fully saturated rings. The van der Waals surface area contributed by atoms with Crippen molar-refractivity contribution in [1.82, 2.24) is 14.7 Å². The Kier molecular flexibility index (Phi) is 5.09. The predicted molar refractivity (Wildman–Crippen MR) is 68.3 cm³/mol. The minimum absolute atomic E-state index is 0.0179. The van der Waals surface area contributed by atoms with Crippen LogP contribution in [0.2, 0.25) is 0 Å². The molecule has 0 atom stereocenters. The van der Waals surface area contributed by atoms with Crippen molar-refractivity contribution in [1.29, 1.82) is 0 Å². The molecule has 1 aromatic rings. The van der Waals surface area contributed by atoms with Crippen LogP contribution in [0.5, 0.6) is 0 Å². The lowest BCUT2D eigenvalue weighted by molar-refractivity contribution is -0.385. The lowest BCUT2D eigenvalue weighted by Crippen LogP contribution is -2.37. The van der Waals surface area contributed by atoms with Crippen LogP contribution in [0.15, 0.2) is 17.4 Å². The summed E-state index contributed by atoms with van der Waals surface area (Å²) in [6.45, 7) is 6.53. The van der Waals surface area contributed by atoms with Gasteiger partial charge in [0.2, 0.25) is 0 Å². The minimum Gasteiger partial charge on any atom is -0.370 e. The van der Waals surface area contributed by atoms with Crippen LogP contribution < -0.4 is 5.73 Å². The van der Waals surface area contributed by atoms with Crippen LogP contribution in [0.1, 0.15) is 13.8 Å². The van der Waals surface area contributed by atoms with E-state index in [0.29, 0.717) is 19.0 Å². The third-order valence-electron chi connectivity index (χ3n) is 2.52. The largest absolute Gasteiger partial charge is 0.370 e. The zero-order chi connectivity index (χ0) is 13.5. The molecule has 0 amide bonds. The van der Waals surface area contributed by atoms with Gasteiger partial charge in [0, 0.05) is 13.1 Å². The fourth-order valence-electron chi connectivity index (χ4n) is 1.48. The van der Waals surface area contributed by atoms with Crippen molar-refractivity contribution in [3.05, 3.63) is 22.5 Å². The molecule has 0 saturated heterocycles. The topological polar surface area (TPSA) is 103 Å². The summed E-state index contributed by atoms with van der Waals surface area (Å²) in [7, 11) is 0. The van der Waals surface area contributed by atoms with E-state index in [-0.39, 0.29) is 5.69 Å². The Labute approximate surface area is 105 Å². The first-order valence-electron chi connectivity index (χ1n) is 5.80. The maximum absolute atomic E-state index is 10.5. The fourth-order valence-corrected chi connectivity index (χ4v) is 1.48. The Morgan fingerprint density at radius 2 is 2.28 bits per heavy atom. The van der Waals surface area contributed by atoms with E-state index in [1.807, 2.05) is 18.7 Å². The number of nitro groups is 1. The van der Waals surface area contributed by atoms with Gasteiger partial charge >= 0.3 is 5.69 Å². The Balaban J connectivity index is 2.49. The van der Waals surface area contributed by atoms with Crippen LogP contribution in [0, 0.1) is 10.1 Å². The molecular formula is C10H18N6O2. The molecule has 100 valence electrons. The maximum Gasteiger partial charge on any atom is 0.306 e. The van der Waals surface area contributed by atoms with E-state index in [1.165, 1.54) is 17.1 Å². The number of hydrogen-bond donors (Lipinski definition) is 1. The van der Waals surface area contributed by atoms with Crippen molar-refractivity contribution < 1.29 is 4.92 Å². The maximum atomic E-state index is 10.5. The van der Waals surface area contributed by atoms with Gasteiger partial charge in [-0.05, 0) is 13.8 Å². The van der Waals surface area contributed by atoms with Gasteiger partial charge in [-0.2, -0.15) is 5.10 Å². The SMILES string of the molecule is CCN(CC)C(N)=NCCn1cc([N+](=O)[O-])cn1. The van der Waals surface area contributed by atoms with Crippen molar-refractivity contribution in [2.75, 3.05) is 19.6 Å². The number of aliphatic imine (C=N–C) groups is 1. The summed E-state index contributed by atoms with van der Waals surface area (Å²) in [6.07, 6.45) is 2.60. The lowest BCUT2D eigenvalue weighted by Gasteiger charge is -2.19. The van der Waals surface area contributed by atoms with E-state index >= 15 is 0 Å². The molecule has 1 rings (SSSR count). The highest BCUT2D eigenvalue weighted by Crippen LogP contribution is 2.07. The van der Waals surface area contributed by atoms with Crippen molar-refractivity contribution in [3.63, 3.8) is 0 Å². The third-order valence-corrected chi connectivity index (χ3v) is 2.52. The molecule has 1 heterocycles. The third kappa shape index (κ3) is 3.72. The van der Waals surface area contributed by atoms with Gasteiger partial charge in [0.15, 0.2) is 5.96 Å². The second kappa shape index (κ2) is 6.58. The molecule has 0 radical (unpaired) electrons. The van der Waals surface area contributed by atoms with E-state index in [9.17, 15) is 10.1 Å². The number of nitrogens with zero attached hydrogens (tertiary/aromatic N) is 5. The first-order valence-corrected chi connectivity index (χ1v) is 5.80. The first kappa shape index (κ1) is 13.9. The predicted octanol–water partition coefficient (Wildman–Crippen LogP) is 0.448. The smallest absolute Gasteiger partial charge is 0.306 e. The van der Waals surface area contributed by atoms with Crippen LogP contribution in [0.3, 0.4) is 0 Å². The van der Waals surface area contributed by atoms with Gasteiger partial charge in [-0.25, -0.2) is 0 Å². The Morgan fingerprint density at radius 3 is 2.78 bits per heavy atom. The normalized spacial score (nSPS) is 11.6. The van der Waals surface area contributed by atoms with Crippen molar-refractivity contribution in [2.45, 2.75) is 20.4 Å². The van der Waals surface area contributed by atoms with Gasteiger partial charge in [0.05, 0.1) is 18.0 Å². The van der Waals surface area contributed by atoms with Gasteiger partial charge in [-0.3, -0.25) is 19.8 Å². The second-order valence-corrected chi connectivity index (χ2v) is 3.63. The highest BCUT2D eigenvalue weighted by molar-refractivity contribution is 5.77. The molecule has 8 nitrogen and oxygen atoms in total. The highest BCUT2D eigenvalue weighted by Gasteiger charge is 2.08. The van der Waals surface area contributed by atoms with E-state index in [1.54, 1.807) is 0 Å². The summed E-state index contributed by atoms with van der Waals surface area (Å²) in [6, 6.07) is 0. The van der Waals surface area contributed by atoms with Crippen LogP contribution in [-0.2, 0) is 6.54 Å². The van der Waals surface area contributed by atoms with Gasteiger partial charge in [-0.15, -0.1) is 0 Å². The zero-order valence-corrected chi connectivity index (χ0v) is 10.6. The van der Waals surface area contributed by atoms with E-state index < -0.39 is 4.92 Å². The van der Waals surface area contributed by atoms with Crippen molar-refractivity contribution in [3.8, 4) is 0 Å². The quantitative estimate of drug-likeness (QED) is 0.343. The van der Waals surface area contributed by atoms with Crippen LogP contribution in [0.25, 0.3) is 0 Å². The molecule has 2 N–H and O–H groups in total. The second-order valence-electron chi connectivity index (χ2n) is 3.63. The Bertz CT molecular complexity index is 424. The molecule has 1 aromatic heterocycles. The summed E-state index contributed by atoms with van der Waals surface area (Å²) in [5, 5.41) is 14.3. The first-order chi connectivity index (χ1) is 8.58.